The number of hydrogen-bond acceptors (Lipinski definition) is 7. The highest BCUT2D eigenvalue weighted by Gasteiger charge is 2.61. The molecule has 4 rings (SSSR count). The number of halogens is 1. The molecule has 2 amide bonds. The first-order valence-electron chi connectivity index (χ1n) is 14.7. The number of benzene rings is 1. The largest absolute Gasteiger partial charge is 0.487 e. The number of carbonyl (C=O) groups excluding carboxylic acids is 2. The number of aryl methyl sites for hydroxylation is 1. The molecule has 2 saturated carbocycles. The minimum Gasteiger partial charge on any atom is -0.487 e. The van der Waals surface area contributed by atoms with E-state index < -0.39 is 34.7 Å². The monoisotopic (exact) mass is 590 g/mol. The lowest BCUT2D eigenvalue weighted by molar-refractivity contribution is -0.138. The van der Waals surface area contributed by atoms with Crippen LogP contribution in [-0.4, -0.2) is 59.2 Å². The van der Waals surface area contributed by atoms with Gasteiger partial charge in [-0.3, -0.25) is 9.83 Å². The number of amidine groups is 1. The molecule has 1 spiro atoms. The van der Waals surface area contributed by atoms with Gasteiger partial charge in [0.1, 0.15) is 40.2 Å². The van der Waals surface area contributed by atoms with E-state index in [0.717, 1.165) is 24.0 Å². The van der Waals surface area contributed by atoms with Gasteiger partial charge in [0.15, 0.2) is 0 Å². The number of aliphatic imine (C=N–C) groups is 1. The highest BCUT2D eigenvalue weighted by molar-refractivity contribution is 5.97. The van der Waals surface area contributed by atoms with Crippen LogP contribution in [0.1, 0.15) is 98.6 Å². The van der Waals surface area contributed by atoms with Gasteiger partial charge in [0.25, 0.3) is 0 Å². The van der Waals surface area contributed by atoms with Crippen LogP contribution in [0.4, 0.5) is 14.0 Å². The molecular formula is C31H47FN4O6. The third-order valence-corrected chi connectivity index (χ3v) is 7.87. The van der Waals surface area contributed by atoms with Gasteiger partial charge in [0.05, 0.1) is 6.54 Å². The number of rotatable bonds is 7. The van der Waals surface area contributed by atoms with Crippen LogP contribution in [-0.2, 0) is 20.7 Å². The number of nitrogens with zero attached hydrogens (tertiary/aromatic N) is 1. The fourth-order valence-corrected chi connectivity index (χ4v) is 6.15. The maximum atomic E-state index is 15.4. The first-order chi connectivity index (χ1) is 19.3. The van der Waals surface area contributed by atoms with Crippen molar-refractivity contribution < 1.29 is 33.0 Å². The summed E-state index contributed by atoms with van der Waals surface area (Å²) in [6.45, 7) is 14.5. The summed E-state index contributed by atoms with van der Waals surface area (Å²) < 4.78 is 32.1. The van der Waals surface area contributed by atoms with E-state index in [9.17, 15) is 9.59 Å². The fourth-order valence-electron chi connectivity index (χ4n) is 6.15. The van der Waals surface area contributed by atoms with Crippen molar-refractivity contribution >= 4 is 18.0 Å². The molecule has 234 valence electrons. The van der Waals surface area contributed by atoms with Crippen molar-refractivity contribution in [1.29, 1.82) is 0 Å². The first kappa shape index (κ1) is 31.8. The smallest absolute Gasteiger partial charge is 0.431 e. The predicted molar refractivity (Wildman–Crippen MR) is 157 cm³/mol. The Labute approximate surface area is 248 Å². The number of carbonyl (C=O) groups is 2. The molecule has 1 unspecified atom stereocenters. The van der Waals surface area contributed by atoms with Crippen LogP contribution < -0.4 is 21.3 Å². The maximum Gasteiger partial charge on any atom is 0.431 e. The second-order valence-electron chi connectivity index (χ2n) is 14.7. The van der Waals surface area contributed by atoms with E-state index in [2.05, 4.69) is 15.8 Å². The fraction of sp³-hybridized carbons (Fsp3) is 0.710. The van der Waals surface area contributed by atoms with E-state index in [1.807, 2.05) is 52.8 Å². The summed E-state index contributed by atoms with van der Waals surface area (Å²) in [5, 5.41) is 2.88. The minimum atomic E-state index is -1.38. The number of nitrogens with two attached hydrogens (primary N) is 1. The molecule has 11 heteroatoms. The topological polar surface area (TPSA) is 134 Å². The summed E-state index contributed by atoms with van der Waals surface area (Å²) in [7, 11) is 0. The Morgan fingerprint density at radius 2 is 1.67 bits per heavy atom. The molecule has 42 heavy (non-hydrogen) atoms. The average molecular weight is 591 g/mol. The van der Waals surface area contributed by atoms with Gasteiger partial charge in [-0.2, -0.15) is 5.48 Å². The molecule has 0 bridgehead atoms. The zero-order valence-electron chi connectivity index (χ0n) is 26.2. The molecule has 0 aromatic heterocycles. The average Bonchev–Trinajstić information content (AvgIpc) is 2.81. The normalized spacial score (nSPS) is 27.6. The third kappa shape index (κ3) is 8.05. The first-order valence-corrected chi connectivity index (χ1v) is 14.7. The van der Waals surface area contributed by atoms with Crippen LogP contribution in [0.25, 0.3) is 0 Å². The van der Waals surface area contributed by atoms with Gasteiger partial charge in [-0.05, 0) is 123 Å². The lowest BCUT2D eigenvalue weighted by atomic mass is 9.49. The Hall–Kier alpha value is -3.08. The van der Waals surface area contributed by atoms with Crippen molar-refractivity contribution in [1.82, 2.24) is 10.8 Å². The summed E-state index contributed by atoms with van der Waals surface area (Å²) in [5.74, 6) is 1.00. The molecule has 0 saturated heterocycles. The number of hydrogen-bond donors (Lipinski definition) is 3. The highest BCUT2D eigenvalue weighted by atomic mass is 19.1. The Morgan fingerprint density at radius 1 is 1.05 bits per heavy atom. The SMILES string of the molecule is CC(C)(C)OC(=O)NOC(C)(C)C1CCc2cc(C(N)=NCC3(F)CC4(CC(NC(=O)OC(C)(C)C)C4)C3)ccc2O1. The van der Waals surface area contributed by atoms with Crippen LogP contribution in [0.3, 0.4) is 0 Å². The Morgan fingerprint density at radius 3 is 2.29 bits per heavy atom. The van der Waals surface area contributed by atoms with Crippen molar-refractivity contribution in [3.05, 3.63) is 29.3 Å². The third-order valence-electron chi connectivity index (χ3n) is 7.87. The number of hydroxylamine groups is 1. The lowest BCUT2D eigenvalue weighted by Gasteiger charge is -2.59. The molecule has 3 aliphatic rings. The van der Waals surface area contributed by atoms with Gasteiger partial charge >= 0.3 is 12.2 Å². The minimum absolute atomic E-state index is 0.0105. The Bertz CT molecular complexity index is 1200. The van der Waals surface area contributed by atoms with E-state index in [1.54, 1.807) is 20.8 Å². The predicted octanol–water partition coefficient (Wildman–Crippen LogP) is 5.50. The van der Waals surface area contributed by atoms with Crippen molar-refractivity contribution in [2.24, 2.45) is 16.1 Å². The van der Waals surface area contributed by atoms with Crippen molar-refractivity contribution in [2.45, 2.75) is 129 Å². The van der Waals surface area contributed by atoms with Gasteiger partial charge in [-0.25, -0.2) is 14.0 Å². The standard InChI is InChI=1S/C31H47FN4O6/c1-27(2,3)40-25(37)35-21-14-30(15-21)16-31(32,17-30)18-34-24(33)20-9-11-22-19(13-20)10-12-23(39-22)29(7,8)42-36-26(38)41-28(4,5)6/h9,11,13,21,23H,10,12,14-18H2,1-8H3,(H2,33,34)(H,35,37)(H,36,38). The zero-order valence-corrected chi connectivity index (χ0v) is 26.2. The number of alkyl halides is 1. The van der Waals surface area contributed by atoms with Crippen LogP contribution in [0.5, 0.6) is 5.75 Å². The number of alkyl carbamates (subject to hydrolysis) is 1. The van der Waals surface area contributed by atoms with Gasteiger partial charge in [-0.15, -0.1) is 0 Å². The van der Waals surface area contributed by atoms with E-state index in [0.29, 0.717) is 37.3 Å². The van der Waals surface area contributed by atoms with Crippen LogP contribution >= 0.6 is 0 Å². The molecule has 0 radical (unpaired) electrons. The van der Waals surface area contributed by atoms with Crippen LogP contribution in [0.2, 0.25) is 0 Å². The maximum absolute atomic E-state index is 15.4. The zero-order chi connectivity index (χ0) is 31.1. The number of nitrogens with one attached hydrogen (secondary N) is 2. The van der Waals surface area contributed by atoms with Crippen molar-refractivity contribution in [3.63, 3.8) is 0 Å². The molecule has 4 N–H and O–H groups in total. The van der Waals surface area contributed by atoms with E-state index in [4.69, 9.17) is 24.8 Å². The number of amides is 2. The summed E-state index contributed by atoms with van der Waals surface area (Å²) in [5.41, 5.74) is 6.90. The summed E-state index contributed by atoms with van der Waals surface area (Å²) in [6, 6.07) is 5.61. The van der Waals surface area contributed by atoms with Crippen molar-refractivity contribution in [3.8, 4) is 5.75 Å². The molecule has 2 aliphatic carbocycles. The summed E-state index contributed by atoms with van der Waals surface area (Å²) >= 11 is 0. The summed E-state index contributed by atoms with van der Waals surface area (Å²) in [4.78, 5) is 34.0. The quantitative estimate of drug-likeness (QED) is 0.217. The van der Waals surface area contributed by atoms with Gasteiger partial charge in [0, 0.05) is 11.6 Å². The molecule has 1 aliphatic heterocycles. The Balaban J connectivity index is 1.25. The van der Waals surface area contributed by atoms with Crippen LogP contribution in [0, 0.1) is 5.41 Å². The van der Waals surface area contributed by atoms with Gasteiger partial charge < -0.3 is 25.3 Å². The number of ether oxygens (including phenoxy) is 3. The van der Waals surface area contributed by atoms with E-state index in [-0.39, 0.29) is 24.1 Å². The molecule has 2 fully saturated rings. The van der Waals surface area contributed by atoms with Crippen LogP contribution in [0.15, 0.2) is 23.2 Å². The number of fused-ring (bicyclic) bond motifs is 1. The molecule has 1 aromatic rings. The van der Waals surface area contributed by atoms with Gasteiger partial charge in [0.2, 0.25) is 0 Å². The molecule has 1 atom stereocenters. The second-order valence-corrected chi connectivity index (χ2v) is 14.7. The van der Waals surface area contributed by atoms with E-state index in [1.165, 1.54) is 0 Å². The summed E-state index contributed by atoms with van der Waals surface area (Å²) in [6.07, 6.45) is 2.33. The molecule has 1 heterocycles. The van der Waals surface area contributed by atoms with Crippen molar-refractivity contribution in [2.75, 3.05) is 6.54 Å². The van der Waals surface area contributed by atoms with Gasteiger partial charge in [-0.1, -0.05) is 0 Å². The lowest BCUT2D eigenvalue weighted by Crippen LogP contribution is -2.62. The molecular weight excluding hydrogens is 543 g/mol. The van der Waals surface area contributed by atoms with E-state index >= 15 is 4.39 Å². The Kier molecular flexibility index (Phi) is 8.50. The second kappa shape index (κ2) is 11.2. The molecule has 1 aromatic carbocycles. The highest BCUT2D eigenvalue weighted by Crippen LogP contribution is 2.62. The molecule has 10 nitrogen and oxygen atoms in total.